The van der Waals surface area contributed by atoms with E-state index in [-0.39, 0.29) is 12.5 Å². The molecule has 4 heteroatoms. The van der Waals surface area contributed by atoms with E-state index in [9.17, 15) is 4.79 Å². The SMILES string of the molecule is CC/C=C/CC(=O)N1CCN(CCCCO)CC1. The molecule has 1 rings (SSSR count). The number of amides is 1. The summed E-state index contributed by atoms with van der Waals surface area (Å²) in [6, 6.07) is 0. The first kappa shape index (κ1) is 15.2. The van der Waals surface area contributed by atoms with E-state index in [0.29, 0.717) is 6.42 Å². The standard InChI is InChI=1S/C14H26N2O2/c1-2-3-4-7-14(18)16-11-9-15(10-12-16)8-5-6-13-17/h3-4,17H,2,5-13H2,1H3/b4-3+. The maximum atomic E-state index is 11.9. The highest BCUT2D eigenvalue weighted by Gasteiger charge is 2.19. The first-order chi connectivity index (χ1) is 8.77. The van der Waals surface area contributed by atoms with Crippen molar-refractivity contribution in [2.45, 2.75) is 32.6 Å². The Morgan fingerprint density at radius 1 is 1.17 bits per heavy atom. The minimum absolute atomic E-state index is 0.245. The number of carbonyl (C=O) groups excluding carboxylic acids is 1. The van der Waals surface area contributed by atoms with Gasteiger partial charge in [0.05, 0.1) is 0 Å². The van der Waals surface area contributed by atoms with Crippen molar-refractivity contribution in [3.8, 4) is 0 Å². The fourth-order valence-electron chi connectivity index (χ4n) is 2.15. The molecule has 0 atom stereocenters. The van der Waals surface area contributed by atoms with Gasteiger partial charge in [-0.3, -0.25) is 9.69 Å². The Hall–Kier alpha value is -0.870. The lowest BCUT2D eigenvalue weighted by Gasteiger charge is -2.34. The van der Waals surface area contributed by atoms with Crippen molar-refractivity contribution in [1.29, 1.82) is 0 Å². The maximum absolute atomic E-state index is 11.9. The topological polar surface area (TPSA) is 43.8 Å². The van der Waals surface area contributed by atoms with E-state index in [1.54, 1.807) is 0 Å². The minimum atomic E-state index is 0.245. The number of rotatable bonds is 7. The van der Waals surface area contributed by atoms with Gasteiger partial charge in [0.1, 0.15) is 0 Å². The number of unbranched alkanes of at least 4 members (excludes halogenated alkanes) is 1. The van der Waals surface area contributed by atoms with Crippen LogP contribution < -0.4 is 0 Å². The summed E-state index contributed by atoms with van der Waals surface area (Å²) in [7, 11) is 0. The third-order valence-electron chi connectivity index (χ3n) is 3.30. The second kappa shape index (κ2) is 9.11. The monoisotopic (exact) mass is 254 g/mol. The van der Waals surface area contributed by atoms with Gasteiger partial charge in [0.2, 0.25) is 5.91 Å². The predicted octanol–water partition coefficient (Wildman–Crippen LogP) is 1.26. The summed E-state index contributed by atoms with van der Waals surface area (Å²) in [5.74, 6) is 0.245. The first-order valence-corrected chi connectivity index (χ1v) is 7.04. The van der Waals surface area contributed by atoms with Crippen molar-refractivity contribution < 1.29 is 9.90 Å². The largest absolute Gasteiger partial charge is 0.396 e. The Balaban J connectivity index is 2.18. The molecule has 1 heterocycles. The van der Waals surface area contributed by atoms with Gasteiger partial charge in [-0.05, 0) is 25.8 Å². The van der Waals surface area contributed by atoms with Crippen LogP contribution >= 0.6 is 0 Å². The van der Waals surface area contributed by atoms with Crippen molar-refractivity contribution in [2.24, 2.45) is 0 Å². The number of carbonyl (C=O) groups is 1. The van der Waals surface area contributed by atoms with Gasteiger partial charge in [-0.1, -0.05) is 19.1 Å². The zero-order valence-corrected chi connectivity index (χ0v) is 11.5. The Morgan fingerprint density at radius 2 is 1.89 bits per heavy atom. The lowest BCUT2D eigenvalue weighted by molar-refractivity contribution is -0.132. The molecule has 1 aliphatic heterocycles. The van der Waals surface area contributed by atoms with Gasteiger partial charge < -0.3 is 10.0 Å². The van der Waals surface area contributed by atoms with Gasteiger partial charge in [-0.2, -0.15) is 0 Å². The van der Waals surface area contributed by atoms with Crippen molar-refractivity contribution in [3.05, 3.63) is 12.2 Å². The minimum Gasteiger partial charge on any atom is -0.396 e. The Morgan fingerprint density at radius 3 is 2.50 bits per heavy atom. The van der Waals surface area contributed by atoms with Crippen LogP contribution in [0.4, 0.5) is 0 Å². The van der Waals surface area contributed by atoms with Crippen molar-refractivity contribution in [2.75, 3.05) is 39.3 Å². The molecule has 0 spiro atoms. The summed E-state index contributed by atoms with van der Waals surface area (Å²) < 4.78 is 0. The molecular formula is C14H26N2O2. The number of piperazine rings is 1. The van der Waals surface area contributed by atoms with E-state index in [1.807, 2.05) is 17.1 Å². The molecule has 1 saturated heterocycles. The van der Waals surface area contributed by atoms with Gasteiger partial charge in [-0.15, -0.1) is 0 Å². The smallest absolute Gasteiger partial charge is 0.226 e. The van der Waals surface area contributed by atoms with Gasteiger partial charge in [0.25, 0.3) is 0 Å². The highest BCUT2D eigenvalue weighted by atomic mass is 16.2. The highest BCUT2D eigenvalue weighted by Crippen LogP contribution is 2.05. The first-order valence-electron chi connectivity index (χ1n) is 7.04. The van der Waals surface area contributed by atoms with Gasteiger partial charge in [0, 0.05) is 39.2 Å². The summed E-state index contributed by atoms with van der Waals surface area (Å²) in [6.07, 6.45) is 7.47. The molecule has 0 aromatic heterocycles. The molecule has 0 radical (unpaired) electrons. The number of aliphatic hydroxyl groups excluding tert-OH is 1. The molecule has 0 saturated carbocycles. The van der Waals surface area contributed by atoms with Crippen molar-refractivity contribution in [1.82, 2.24) is 9.80 Å². The van der Waals surface area contributed by atoms with E-state index in [2.05, 4.69) is 11.8 Å². The number of hydrogen-bond acceptors (Lipinski definition) is 3. The van der Waals surface area contributed by atoms with E-state index >= 15 is 0 Å². The number of hydrogen-bond donors (Lipinski definition) is 1. The molecule has 0 unspecified atom stereocenters. The third-order valence-corrected chi connectivity index (χ3v) is 3.30. The molecule has 0 bridgehead atoms. The third kappa shape index (κ3) is 5.65. The van der Waals surface area contributed by atoms with E-state index in [0.717, 1.165) is 52.0 Å². The van der Waals surface area contributed by atoms with E-state index in [4.69, 9.17) is 5.11 Å². The fourth-order valence-corrected chi connectivity index (χ4v) is 2.15. The molecule has 104 valence electrons. The van der Waals surface area contributed by atoms with Crippen LogP contribution in [-0.4, -0.2) is 60.1 Å². The molecule has 1 amide bonds. The Bertz CT molecular complexity index is 259. The van der Waals surface area contributed by atoms with Crippen LogP contribution in [0.15, 0.2) is 12.2 Å². The zero-order valence-electron chi connectivity index (χ0n) is 11.5. The molecule has 0 aliphatic carbocycles. The van der Waals surface area contributed by atoms with Crippen LogP contribution in [0, 0.1) is 0 Å². The fraction of sp³-hybridized carbons (Fsp3) is 0.786. The van der Waals surface area contributed by atoms with Crippen molar-refractivity contribution >= 4 is 5.91 Å². The van der Waals surface area contributed by atoms with Crippen molar-refractivity contribution in [3.63, 3.8) is 0 Å². The van der Waals surface area contributed by atoms with Crippen LogP contribution in [0.5, 0.6) is 0 Å². The summed E-state index contributed by atoms with van der Waals surface area (Å²) in [5.41, 5.74) is 0. The van der Waals surface area contributed by atoms with Gasteiger partial charge in [0.15, 0.2) is 0 Å². The van der Waals surface area contributed by atoms with Crippen LogP contribution in [0.25, 0.3) is 0 Å². The quantitative estimate of drug-likeness (QED) is 0.549. The molecule has 1 fully saturated rings. The highest BCUT2D eigenvalue weighted by molar-refractivity contribution is 5.77. The Labute approximate surface area is 110 Å². The molecule has 0 aromatic carbocycles. The molecule has 1 aliphatic rings. The second-order valence-electron chi connectivity index (χ2n) is 4.74. The lowest BCUT2D eigenvalue weighted by Crippen LogP contribution is -2.48. The molecule has 1 N–H and O–H groups in total. The Kier molecular flexibility index (Phi) is 7.69. The summed E-state index contributed by atoms with van der Waals surface area (Å²) in [4.78, 5) is 16.2. The average molecular weight is 254 g/mol. The average Bonchev–Trinajstić information content (AvgIpc) is 2.40. The molecule has 4 nitrogen and oxygen atoms in total. The van der Waals surface area contributed by atoms with Crippen LogP contribution in [0.1, 0.15) is 32.6 Å². The van der Waals surface area contributed by atoms with Gasteiger partial charge >= 0.3 is 0 Å². The van der Waals surface area contributed by atoms with E-state index in [1.165, 1.54) is 0 Å². The van der Waals surface area contributed by atoms with E-state index < -0.39 is 0 Å². The summed E-state index contributed by atoms with van der Waals surface area (Å²) in [6.45, 7) is 7.02. The summed E-state index contributed by atoms with van der Waals surface area (Å²) in [5, 5.41) is 8.74. The number of allylic oxidation sites excluding steroid dienone is 1. The molecular weight excluding hydrogens is 228 g/mol. The van der Waals surface area contributed by atoms with Gasteiger partial charge in [-0.25, -0.2) is 0 Å². The van der Waals surface area contributed by atoms with Crippen LogP contribution in [-0.2, 0) is 4.79 Å². The zero-order chi connectivity index (χ0) is 13.2. The maximum Gasteiger partial charge on any atom is 0.226 e. The summed E-state index contributed by atoms with van der Waals surface area (Å²) >= 11 is 0. The number of aliphatic hydroxyl groups is 1. The molecule has 0 aromatic rings. The second-order valence-corrected chi connectivity index (χ2v) is 4.74. The predicted molar refractivity (Wildman–Crippen MR) is 73.4 cm³/mol. The number of nitrogens with zero attached hydrogens (tertiary/aromatic N) is 2. The van der Waals surface area contributed by atoms with Crippen LogP contribution in [0.2, 0.25) is 0 Å². The lowest BCUT2D eigenvalue weighted by atomic mass is 10.2. The molecule has 18 heavy (non-hydrogen) atoms. The van der Waals surface area contributed by atoms with Crippen LogP contribution in [0.3, 0.4) is 0 Å². The normalized spacial score (nSPS) is 17.6.